The van der Waals surface area contributed by atoms with Gasteiger partial charge in [-0.1, -0.05) is 24.3 Å². The van der Waals surface area contributed by atoms with Gasteiger partial charge in [0.15, 0.2) is 6.10 Å². The molecule has 180 valence electrons. The Balaban J connectivity index is 2.39. The van der Waals surface area contributed by atoms with E-state index in [1.165, 1.54) is 18.2 Å². The zero-order valence-corrected chi connectivity index (χ0v) is 18.0. The number of benzene rings is 1. The Labute approximate surface area is 189 Å². The van der Waals surface area contributed by atoms with E-state index in [0.29, 0.717) is 11.1 Å². The summed E-state index contributed by atoms with van der Waals surface area (Å²) in [7, 11) is 0. The highest BCUT2D eigenvalue weighted by Crippen LogP contribution is 2.30. The molecular weight excluding hydrogens is 438 g/mol. The molecule has 0 spiro atoms. The average molecular weight is 465 g/mol. The predicted octanol–water partition coefficient (Wildman–Crippen LogP) is -0.586. The van der Waals surface area contributed by atoms with Crippen LogP contribution in [0, 0.1) is 6.92 Å². The summed E-state index contributed by atoms with van der Waals surface area (Å²) in [6.45, 7) is 1.93. The summed E-state index contributed by atoms with van der Waals surface area (Å²) >= 11 is 0. The zero-order valence-electron chi connectivity index (χ0n) is 18.0. The van der Waals surface area contributed by atoms with Crippen LogP contribution in [0.15, 0.2) is 35.6 Å². The zero-order chi connectivity index (χ0) is 24.9. The third-order valence-electron chi connectivity index (χ3n) is 5.22. The molecule has 0 fully saturated rings. The number of aliphatic carboxylic acids is 1. The molecule has 0 saturated carbocycles. The molecule has 11 heteroatoms. The molecule has 1 amide bonds. The Kier molecular flexibility index (Phi) is 8.71. The minimum atomic E-state index is -1.81. The second kappa shape index (κ2) is 11.1. The molecule has 11 nitrogen and oxygen atoms in total. The molecule has 33 heavy (non-hydrogen) atoms. The molecule has 0 radical (unpaired) electrons. The molecule has 0 aromatic heterocycles. The summed E-state index contributed by atoms with van der Waals surface area (Å²) in [5.74, 6) is -3.91. The van der Waals surface area contributed by atoms with Gasteiger partial charge in [-0.25, -0.2) is 9.59 Å². The molecule has 2 rings (SSSR count). The van der Waals surface area contributed by atoms with Crippen molar-refractivity contribution in [1.82, 2.24) is 5.32 Å². The van der Waals surface area contributed by atoms with Crippen LogP contribution in [-0.2, 0) is 14.3 Å². The van der Waals surface area contributed by atoms with E-state index in [1.807, 2.05) is 0 Å². The number of carboxylic acids is 2. The van der Waals surface area contributed by atoms with Crippen molar-refractivity contribution >= 4 is 23.9 Å². The van der Waals surface area contributed by atoms with Crippen molar-refractivity contribution in [3.63, 3.8) is 0 Å². The van der Waals surface area contributed by atoms with E-state index in [2.05, 4.69) is 5.32 Å². The van der Waals surface area contributed by atoms with Crippen molar-refractivity contribution in [3.05, 3.63) is 52.3 Å². The molecule has 1 aliphatic heterocycles. The normalized spacial score (nSPS) is 22.5. The maximum Gasteiger partial charge on any atom is 0.371 e. The maximum absolute atomic E-state index is 11.8. The minimum Gasteiger partial charge on any atom is -0.478 e. The van der Waals surface area contributed by atoms with Gasteiger partial charge < -0.3 is 40.7 Å². The lowest BCUT2D eigenvalue weighted by molar-refractivity contribution is -0.150. The first-order valence-corrected chi connectivity index (χ1v) is 10.0. The molecule has 1 heterocycles. The molecule has 5 atom stereocenters. The lowest BCUT2D eigenvalue weighted by atomic mass is 9.87. The highest BCUT2D eigenvalue weighted by Gasteiger charge is 2.46. The highest BCUT2D eigenvalue weighted by atomic mass is 16.5. The van der Waals surface area contributed by atoms with Crippen molar-refractivity contribution < 1.29 is 49.8 Å². The van der Waals surface area contributed by atoms with E-state index in [4.69, 9.17) is 9.84 Å². The Morgan fingerprint density at radius 3 is 2.39 bits per heavy atom. The number of amides is 1. The van der Waals surface area contributed by atoms with Crippen LogP contribution in [-0.4, -0.2) is 85.5 Å². The summed E-state index contributed by atoms with van der Waals surface area (Å²) in [6, 6.07) is 3.41. The second-order valence-corrected chi connectivity index (χ2v) is 7.64. The fraction of sp³-hybridized carbons (Fsp3) is 0.409. The Hall–Kier alpha value is -3.25. The predicted molar refractivity (Wildman–Crippen MR) is 114 cm³/mol. The number of hydrogen-bond acceptors (Lipinski definition) is 8. The fourth-order valence-corrected chi connectivity index (χ4v) is 3.52. The van der Waals surface area contributed by atoms with Gasteiger partial charge in [0.2, 0.25) is 11.7 Å². The topological polar surface area (TPSA) is 194 Å². The van der Waals surface area contributed by atoms with Crippen molar-refractivity contribution in [2.45, 2.75) is 50.7 Å². The van der Waals surface area contributed by atoms with E-state index in [1.54, 1.807) is 19.1 Å². The molecule has 0 unspecified atom stereocenters. The second-order valence-electron chi connectivity index (χ2n) is 7.64. The van der Waals surface area contributed by atoms with Crippen LogP contribution in [0.5, 0.6) is 0 Å². The van der Waals surface area contributed by atoms with Gasteiger partial charge in [-0.15, -0.1) is 0 Å². The van der Waals surface area contributed by atoms with Gasteiger partial charge in [0.25, 0.3) is 0 Å². The van der Waals surface area contributed by atoms with E-state index in [0.717, 1.165) is 6.92 Å². The van der Waals surface area contributed by atoms with Gasteiger partial charge in [-0.3, -0.25) is 4.79 Å². The maximum atomic E-state index is 11.8. The standard InChI is InChI=1S/C22H27NO10/c1-10-6-7-12(8-14(10)21(29)30)4-3-5-13-17(27)16(23-11(2)25)20(18(28)15(26)9-24)33-19(13)22(31)32/h3-4,6-8,15-18,20,24,26-28H,5,9H2,1-2H3,(H,23,25)(H,29,30)(H,31,32)/b4-3+/t15-,16-,17+,18-,20-/m1/s1. The van der Waals surface area contributed by atoms with Gasteiger partial charge in [0.05, 0.1) is 18.2 Å². The monoisotopic (exact) mass is 465 g/mol. The Bertz CT molecular complexity index is 970. The number of aliphatic hydroxyl groups excluding tert-OH is 4. The summed E-state index contributed by atoms with van der Waals surface area (Å²) in [5.41, 5.74) is 1.09. The minimum absolute atomic E-state index is 0.105. The number of carbonyl (C=O) groups is 3. The van der Waals surface area contributed by atoms with Gasteiger partial charge in [-0.05, 0) is 30.5 Å². The van der Waals surface area contributed by atoms with Crippen LogP contribution in [0.25, 0.3) is 6.08 Å². The first kappa shape index (κ1) is 26.0. The van der Waals surface area contributed by atoms with Crippen LogP contribution in [0.2, 0.25) is 0 Å². The van der Waals surface area contributed by atoms with Crippen molar-refractivity contribution in [2.75, 3.05) is 6.61 Å². The molecular formula is C22H27NO10. The summed E-state index contributed by atoms with van der Waals surface area (Å²) in [6.07, 6.45) is -3.78. The quantitative estimate of drug-likeness (QED) is 0.248. The van der Waals surface area contributed by atoms with Crippen LogP contribution >= 0.6 is 0 Å². The number of aliphatic hydroxyl groups is 4. The Morgan fingerprint density at radius 1 is 1.18 bits per heavy atom. The summed E-state index contributed by atoms with van der Waals surface area (Å²) in [4.78, 5) is 34.7. The number of carbonyl (C=O) groups excluding carboxylic acids is 1. The van der Waals surface area contributed by atoms with E-state index >= 15 is 0 Å². The molecule has 0 aliphatic carbocycles. The number of carboxylic acid groups (broad SMARTS) is 2. The number of nitrogens with one attached hydrogen (secondary N) is 1. The average Bonchev–Trinajstić information content (AvgIpc) is 2.75. The van der Waals surface area contributed by atoms with Crippen LogP contribution in [0.1, 0.15) is 34.8 Å². The van der Waals surface area contributed by atoms with E-state index in [9.17, 15) is 39.9 Å². The SMILES string of the molecule is CC(=O)N[C@H]1[C@H]([C@H](O)[C@H](O)CO)OC(C(=O)O)=C(C/C=C/c2ccc(C)c(C(=O)O)c2)[C@@H]1O. The smallest absolute Gasteiger partial charge is 0.371 e. The fourth-order valence-electron chi connectivity index (χ4n) is 3.52. The first-order chi connectivity index (χ1) is 15.5. The van der Waals surface area contributed by atoms with Crippen molar-refractivity contribution in [1.29, 1.82) is 0 Å². The van der Waals surface area contributed by atoms with Crippen LogP contribution in [0.4, 0.5) is 0 Å². The number of aromatic carboxylic acids is 1. The largest absolute Gasteiger partial charge is 0.478 e. The number of rotatable bonds is 9. The van der Waals surface area contributed by atoms with Gasteiger partial charge in [0.1, 0.15) is 18.3 Å². The van der Waals surface area contributed by atoms with Crippen LogP contribution < -0.4 is 5.32 Å². The number of ether oxygens (including phenoxy) is 1. The van der Waals surface area contributed by atoms with Gasteiger partial charge >= 0.3 is 11.9 Å². The van der Waals surface area contributed by atoms with Gasteiger partial charge in [-0.2, -0.15) is 0 Å². The first-order valence-electron chi connectivity index (χ1n) is 10.0. The van der Waals surface area contributed by atoms with E-state index < -0.39 is 60.7 Å². The molecule has 0 saturated heterocycles. The molecule has 7 N–H and O–H groups in total. The number of hydrogen-bond donors (Lipinski definition) is 7. The lowest BCUT2D eigenvalue weighted by Crippen LogP contribution is -2.61. The molecule has 1 aromatic carbocycles. The summed E-state index contributed by atoms with van der Waals surface area (Å²) < 4.78 is 5.37. The number of allylic oxidation sites excluding steroid dienone is 1. The van der Waals surface area contributed by atoms with Gasteiger partial charge in [0, 0.05) is 12.5 Å². The van der Waals surface area contributed by atoms with Crippen LogP contribution in [0.3, 0.4) is 0 Å². The molecule has 1 aliphatic rings. The summed E-state index contributed by atoms with van der Waals surface area (Å²) in [5, 5.41) is 61.2. The number of aryl methyl sites for hydroxylation is 1. The Morgan fingerprint density at radius 2 is 1.85 bits per heavy atom. The molecule has 0 bridgehead atoms. The molecule has 1 aromatic rings. The highest BCUT2D eigenvalue weighted by molar-refractivity contribution is 5.90. The van der Waals surface area contributed by atoms with E-state index in [-0.39, 0.29) is 17.6 Å². The van der Waals surface area contributed by atoms with Crippen molar-refractivity contribution in [2.24, 2.45) is 0 Å². The van der Waals surface area contributed by atoms with Crippen molar-refractivity contribution in [3.8, 4) is 0 Å². The third kappa shape index (κ3) is 6.17. The third-order valence-corrected chi connectivity index (χ3v) is 5.22. The lowest BCUT2D eigenvalue weighted by Gasteiger charge is -2.40.